The summed E-state index contributed by atoms with van der Waals surface area (Å²) in [7, 11) is 1.60. The molecule has 1 amide bonds. The van der Waals surface area contributed by atoms with Crippen LogP contribution in [-0.2, 0) is 4.79 Å². The molecular weight excluding hydrogens is 440 g/mol. The van der Waals surface area contributed by atoms with Crippen molar-refractivity contribution in [3.05, 3.63) is 81.5 Å². The Morgan fingerprint density at radius 3 is 2.61 bits per heavy atom. The van der Waals surface area contributed by atoms with Crippen LogP contribution in [0.2, 0.25) is 0 Å². The number of carbonyl (C=O) groups excluding carboxylic acids is 1. The average molecular weight is 458 g/mol. The van der Waals surface area contributed by atoms with Crippen molar-refractivity contribution in [1.29, 1.82) is 0 Å². The minimum Gasteiger partial charge on any atom is -0.315 e. The number of nitrogens with zero attached hydrogens (tertiary/aromatic N) is 3. The van der Waals surface area contributed by atoms with Crippen LogP contribution in [0.25, 0.3) is 15.9 Å². The number of thiophene rings is 1. The number of hydrogen-bond donors (Lipinski definition) is 0. The molecule has 5 nitrogen and oxygen atoms in total. The number of fused-ring (bicyclic) bond motifs is 1. The van der Waals surface area contributed by atoms with Gasteiger partial charge in [-0.05, 0) is 66.4 Å². The second-order valence-corrected chi connectivity index (χ2v) is 8.68. The monoisotopic (exact) mass is 457 g/mol. The maximum atomic E-state index is 13.8. The van der Waals surface area contributed by atoms with Crippen LogP contribution in [0.15, 0.2) is 63.9 Å². The second kappa shape index (κ2) is 8.60. The Morgan fingerprint density at radius 1 is 1.16 bits per heavy atom. The van der Waals surface area contributed by atoms with Crippen molar-refractivity contribution in [3.8, 4) is 5.69 Å². The Hall–Kier alpha value is -3.04. The molecule has 4 rings (SSSR count). The Kier molecular flexibility index (Phi) is 5.88. The van der Waals surface area contributed by atoms with Gasteiger partial charge in [0.1, 0.15) is 16.3 Å². The highest BCUT2D eigenvalue weighted by molar-refractivity contribution is 7.99. The number of hydrogen-bond acceptors (Lipinski definition) is 5. The third kappa shape index (κ3) is 4.24. The standard InChI is InChI=1S/C22H17F2N3O2S2/c1-13-11-16(7-8-17(13)24)27-21(29)20-18(9-10-30-20)25-22(27)31-12-19(28)26(2)15-5-3-14(23)4-6-15/h3-11H,12H2,1-2H3. The van der Waals surface area contributed by atoms with Crippen molar-refractivity contribution in [1.82, 2.24) is 9.55 Å². The van der Waals surface area contributed by atoms with Gasteiger partial charge >= 0.3 is 0 Å². The molecule has 2 heterocycles. The molecular formula is C22H17F2N3O2S2. The first-order valence-corrected chi connectivity index (χ1v) is 11.1. The molecule has 0 N–H and O–H groups in total. The first kappa shape index (κ1) is 21.2. The van der Waals surface area contributed by atoms with Gasteiger partial charge in [0.25, 0.3) is 5.56 Å². The number of anilines is 1. The van der Waals surface area contributed by atoms with Gasteiger partial charge in [0.05, 0.1) is 17.0 Å². The quantitative estimate of drug-likeness (QED) is 0.319. The summed E-state index contributed by atoms with van der Waals surface area (Å²) in [6, 6.07) is 11.8. The molecule has 31 heavy (non-hydrogen) atoms. The third-order valence-electron chi connectivity index (χ3n) is 4.76. The maximum Gasteiger partial charge on any atom is 0.276 e. The summed E-state index contributed by atoms with van der Waals surface area (Å²) in [5, 5.41) is 2.11. The molecule has 0 aliphatic carbocycles. The lowest BCUT2D eigenvalue weighted by atomic mass is 10.2. The molecule has 0 atom stereocenters. The summed E-state index contributed by atoms with van der Waals surface area (Å²) in [5.74, 6) is -0.980. The number of aryl methyl sites for hydroxylation is 1. The van der Waals surface area contributed by atoms with Crippen LogP contribution in [0.3, 0.4) is 0 Å². The van der Waals surface area contributed by atoms with Crippen LogP contribution < -0.4 is 10.5 Å². The van der Waals surface area contributed by atoms with E-state index in [0.717, 1.165) is 11.8 Å². The maximum absolute atomic E-state index is 13.8. The summed E-state index contributed by atoms with van der Waals surface area (Å²) < 4.78 is 28.8. The summed E-state index contributed by atoms with van der Waals surface area (Å²) in [4.78, 5) is 31.8. The van der Waals surface area contributed by atoms with Crippen molar-refractivity contribution in [2.24, 2.45) is 0 Å². The zero-order valence-corrected chi connectivity index (χ0v) is 18.3. The zero-order valence-electron chi connectivity index (χ0n) is 16.6. The molecule has 0 fully saturated rings. The number of thioether (sulfide) groups is 1. The lowest BCUT2D eigenvalue weighted by Gasteiger charge is -2.18. The number of rotatable bonds is 5. The van der Waals surface area contributed by atoms with E-state index in [1.54, 1.807) is 31.5 Å². The van der Waals surface area contributed by atoms with Crippen molar-refractivity contribution < 1.29 is 13.6 Å². The van der Waals surface area contributed by atoms with Crippen LogP contribution in [-0.4, -0.2) is 28.3 Å². The van der Waals surface area contributed by atoms with Crippen LogP contribution in [0, 0.1) is 18.6 Å². The van der Waals surface area contributed by atoms with Crippen LogP contribution >= 0.6 is 23.1 Å². The topological polar surface area (TPSA) is 55.2 Å². The van der Waals surface area contributed by atoms with Gasteiger partial charge in [0, 0.05) is 12.7 Å². The highest BCUT2D eigenvalue weighted by Gasteiger charge is 2.18. The second-order valence-electron chi connectivity index (χ2n) is 6.82. The van der Waals surface area contributed by atoms with E-state index < -0.39 is 0 Å². The van der Waals surface area contributed by atoms with Crippen LogP contribution in [0.5, 0.6) is 0 Å². The number of benzene rings is 2. The molecule has 0 bridgehead atoms. The number of halogens is 2. The minimum absolute atomic E-state index is 0.0101. The van der Waals surface area contributed by atoms with Crippen molar-refractivity contribution in [3.63, 3.8) is 0 Å². The van der Waals surface area contributed by atoms with Crippen LogP contribution in [0.1, 0.15) is 5.56 Å². The summed E-state index contributed by atoms with van der Waals surface area (Å²) >= 11 is 2.40. The Bertz CT molecular complexity index is 1330. The molecule has 0 radical (unpaired) electrons. The van der Waals surface area contributed by atoms with E-state index >= 15 is 0 Å². The van der Waals surface area contributed by atoms with E-state index in [0.29, 0.717) is 32.3 Å². The SMILES string of the molecule is Cc1cc(-n2c(SCC(=O)N(C)c3ccc(F)cc3)nc3ccsc3c2=O)ccc1F. The first-order valence-electron chi connectivity index (χ1n) is 9.27. The van der Waals surface area contributed by atoms with Gasteiger partial charge in [-0.25, -0.2) is 13.8 Å². The molecule has 158 valence electrons. The summed E-state index contributed by atoms with van der Waals surface area (Å²) in [6.07, 6.45) is 0. The van der Waals surface area contributed by atoms with E-state index in [1.165, 1.54) is 57.2 Å². The fourth-order valence-electron chi connectivity index (χ4n) is 3.02. The number of aromatic nitrogens is 2. The fraction of sp³-hybridized carbons (Fsp3) is 0.136. The van der Waals surface area contributed by atoms with E-state index in [9.17, 15) is 18.4 Å². The van der Waals surface area contributed by atoms with Crippen molar-refractivity contribution in [2.75, 3.05) is 17.7 Å². The average Bonchev–Trinajstić information content (AvgIpc) is 3.23. The minimum atomic E-state index is -0.383. The first-order chi connectivity index (χ1) is 14.8. The van der Waals surface area contributed by atoms with E-state index in [-0.39, 0.29) is 28.9 Å². The fourth-order valence-corrected chi connectivity index (χ4v) is 4.70. The van der Waals surface area contributed by atoms with E-state index in [1.807, 2.05) is 0 Å². The summed E-state index contributed by atoms with van der Waals surface area (Å²) in [6.45, 7) is 1.62. The molecule has 9 heteroatoms. The van der Waals surface area contributed by atoms with Crippen molar-refractivity contribution >= 4 is 44.9 Å². The predicted molar refractivity (Wildman–Crippen MR) is 120 cm³/mol. The largest absolute Gasteiger partial charge is 0.315 e. The number of carbonyl (C=O) groups is 1. The summed E-state index contributed by atoms with van der Waals surface area (Å²) in [5.41, 5.74) is 1.71. The van der Waals surface area contributed by atoms with Gasteiger partial charge < -0.3 is 4.90 Å². The molecule has 0 aliphatic rings. The van der Waals surface area contributed by atoms with Crippen LogP contribution in [0.4, 0.5) is 14.5 Å². The van der Waals surface area contributed by atoms with Crippen molar-refractivity contribution in [2.45, 2.75) is 12.1 Å². The van der Waals surface area contributed by atoms with Gasteiger partial charge in [-0.3, -0.25) is 14.2 Å². The van der Waals surface area contributed by atoms with Gasteiger partial charge in [-0.2, -0.15) is 0 Å². The Balaban J connectivity index is 1.68. The molecule has 0 spiro atoms. The van der Waals surface area contributed by atoms with E-state index in [4.69, 9.17) is 0 Å². The predicted octanol–water partition coefficient (Wildman–Crippen LogP) is 4.79. The van der Waals surface area contributed by atoms with Gasteiger partial charge in [-0.1, -0.05) is 11.8 Å². The number of amides is 1. The third-order valence-corrected chi connectivity index (χ3v) is 6.58. The Labute approximate surface area is 185 Å². The molecule has 0 saturated heterocycles. The molecule has 2 aromatic carbocycles. The normalized spacial score (nSPS) is 11.1. The lowest BCUT2D eigenvalue weighted by Crippen LogP contribution is -2.28. The van der Waals surface area contributed by atoms with E-state index in [2.05, 4.69) is 4.98 Å². The zero-order chi connectivity index (χ0) is 22.1. The van der Waals surface area contributed by atoms with Gasteiger partial charge in [-0.15, -0.1) is 11.3 Å². The Morgan fingerprint density at radius 2 is 1.90 bits per heavy atom. The molecule has 0 unspecified atom stereocenters. The molecule has 0 aliphatic heterocycles. The highest BCUT2D eigenvalue weighted by Crippen LogP contribution is 2.25. The molecule has 4 aromatic rings. The molecule has 0 saturated carbocycles. The van der Waals surface area contributed by atoms with Gasteiger partial charge in [0.2, 0.25) is 5.91 Å². The smallest absolute Gasteiger partial charge is 0.276 e. The molecule has 2 aromatic heterocycles. The van der Waals surface area contributed by atoms with Gasteiger partial charge in [0.15, 0.2) is 5.16 Å². The highest BCUT2D eigenvalue weighted by atomic mass is 32.2. The lowest BCUT2D eigenvalue weighted by molar-refractivity contribution is -0.115.